The summed E-state index contributed by atoms with van der Waals surface area (Å²) in [7, 11) is 0. The molecule has 1 saturated heterocycles. The predicted octanol–water partition coefficient (Wildman–Crippen LogP) is 2.11. The Hall–Kier alpha value is -1.35. The SMILES string of the molecule is CCc1cc(NC(=O)C2CCNC2)ccc1C. The minimum atomic E-state index is 0.126. The normalized spacial score (nSPS) is 19.3. The molecule has 0 radical (unpaired) electrons. The third-order valence-corrected chi connectivity index (χ3v) is 3.43. The number of aryl methyl sites for hydroxylation is 2. The molecule has 0 spiro atoms. The second-order valence-electron chi connectivity index (χ2n) is 4.67. The van der Waals surface area contributed by atoms with Crippen molar-refractivity contribution >= 4 is 11.6 Å². The van der Waals surface area contributed by atoms with Crippen LogP contribution in [0, 0.1) is 12.8 Å². The monoisotopic (exact) mass is 232 g/mol. The Kier molecular flexibility index (Phi) is 3.79. The molecule has 1 aliphatic heterocycles. The van der Waals surface area contributed by atoms with Gasteiger partial charge in [0.25, 0.3) is 0 Å². The van der Waals surface area contributed by atoms with Gasteiger partial charge in [-0.05, 0) is 49.6 Å². The van der Waals surface area contributed by atoms with Crippen molar-refractivity contribution in [3.05, 3.63) is 29.3 Å². The lowest BCUT2D eigenvalue weighted by Crippen LogP contribution is -2.24. The average Bonchev–Trinajstić information content (AvgIpc) is 2.85. The third kappa shape index (κ3) is 2.86. The van der Waals surface area contributed by atoms with Crippen molar-refractivity contribution in [2.75, 3.05) is 18.4 Å². The Bertz CT molecular complexity index is 409. The molecule has 1 amide bonds. The zero-order valence-corrected chi connectivity index (χ0v) is 10.5. The van der Waals surface area contributed by atoms with E-state index in [0.717, 1.165) is 31.6 Å². The maximum Gasteiger partial charge on any atom is 0.228 e. The van der Waals surface area contributed by atoms with Crippen LogP contribution in [0.2, 0.25) is 0 Å². The summed E-state index contributed by atoms with van der Waals surface area (Å²) >= 11 is 0. The number of hydrogen-bond acceptors (Lipinski definition) is 2. The highest BCUT2D eigenvalue weighted by Gasteiger charge is 2.22. The van der Waals surface area contributed by atoms with Crippen molar-refractivity contribution in [3.8, 4) is 0 Å². The van der Waals surface area contributed by atoms with Gasteiger partial charge in [-0.2, -0.15) is 0 Å². The van der Waals surface area contributed by atoms with Gasteiger partial charge in [0.2, 0.25) is 5.91 Å². The number of anilines is 1. The van der Waals surface area contributed by atoms with Crippen LogP contribution in [0.15, 0.2) is 18.2 Å². The van der Waals surface area contributed by atoms with Crippen LogP contribution < -0.4 is 10.6 Å². The summed E-state index contributed by atoms with van der Waals surface area (Å²) in [5, 5.41) is 6.22. The third-order valence-electron chi connectivity index (χ3n) is 3.43. The molecular weight excluding hydrogens is 212 g/mol. The Balaban J connectivity index is 2.05. The van der Waals surface area contributed by atoms with E-state index in [2.05, 4.69) is 36.6 Å². The minimum Gasteiger partial charge on any atom is -0.326 e. The number of carbonyl (C=O) groups is 1. The predicted molar refractivity (Wildman–Crippen MR) is 70.2 cm³/mol. The molecule has 0 saturated carbocycles. The maximum atomic E-state index is 11.9. The molecule has 3 nitrogen and oxygen atoms in total. The summed E-state index contributed by atoms with van der Waals surface area (Å²) in [6, 6.07) is 6.13. The van der Waals surface area contributed by atoms with Crippen molar-refractivity contribution in [2.45, 2.75) is 26.7 Å². The first kappa shape index (κ1) is 12.1. The van der Waals surface area contributed by atoms with Gasteiger partial charge in [0.05, 0.1) is 5.92 Å². The summed E-state index contributed by atoms with van der Waals surface area (Å²) in [5.41, 5.74) is 3.50. The molecule has 17 heavy (non-hydrogen) atoms. The van der Waals surface area contributed by atoms with Crippen LogP contribution in [0.5, 0.6) is 0 Å². The van der Waals surface area contributed by atoms with Gasteiger partial charge in [0, 0.05) is 12.2 Å². The van der Waals surface area contributed by atoms with Crippen LogP contribution in [-0.2, 0) is 11.2 Å². The van der Waals surface area contributed by atoms with E-state index in [1.54, 1.807) is 0 Å². The first-order chi connectivity index (χ1) is 8.20. The molecular formula is C14H20N2O. The lowest BCUT2D eigenvalue weighted by Gasteiger charge is -2.12. The Morgan fingerprint density at radius 3 is 3.00 bits per heavy atom. The van der Waals surface area contributed by atoms with E-state index >= 15 is 0 Å². The summed E-state index contributed by atoms with van der Waals surface area (Å²) in [6.45, 7) is 5.99. The highest BCUT2D eigenvalue weighted by atomic mass is 16.1. The number of hydrogen-bond donors (Lipinski definition) is 2. The summed E-state index contributed by atoms with van der Waals surface area (Å²) < 4.78 is 0. The molecule has 3 heteroatoms. The molecule has 1 fully saturated rings. The zero-order chi connectivity index (χ0) is 12.3. The fourth-order valence-electron chi connectivity index (χ4n) is 2.25. The Morgan fingerprint density at radius 2 is 2.35 bits per heavy atom. The average molecular weight is 232 g/mol. The van der Waals surface area contributed by atoms with Crippen molar-refractivity contribution in [1.82, 2.24) is 5.32 Å². The fourth-order valence-corrected chi connectivity index (χ4v) is 2.25. The maximum absolute atomic E-state index is 11.9. The van der Waals surface area contributed by atoms with Gasteiger partial charge >= 0.3 is 0 Å². The van der Waals surface area contributed by atoms with Gasteiger partial charge in [-0.15, -0.1) is 0 Å². The zero-order valence-electron chi connectivity index (χ0n) is 10.5. The van der Waals surface area contributed by atoms with Gasteiger partial charge in [-0.1, -0.05) is 13.0 Å². The van der Waals surface area contributed by atoms with E-state index in [1.165, 1.54) is 11.1 Å². The number of benzene rings is 1. The van der Waals surface area contributed by atoms with Crippen LogP contribution in [-0.4, -0.2) is 19.0 Å². The number of rotatable bonds is 3. The van der Waals surface area contributed by atoms with Crippen LogP contribution in [0.3, 0.4) is 0 Å². The van der Waals surface area contributed by atoms with Gasteiger partial charge in [0.15, 0.2) is 0 Å². The Morgan fingerprint density at radius 1 is 1.53 bits per heavy atom. The lowest BCUT2D eigenvalue weighted by atomic mass is 10.0. The highest BCUT2D eigenvalue weighted by Crippen LogP contribution is 2.17. The molecule has 2 N–H and O–H groups in total. The van der Waals surface area contributed by atoms with Crippen LogP contribution >= 0.6 is 0 Å². The largest absolute Gasteiger partial charge is 0.326 e. The van der Waals surface area contributed by atoms with E-state index < -0.39 is 0 Å². The number of nitrogens with one attached hydrogen (secondary N) is 2. The van der Waals surface area contributed by atoms with E-state index in [1.807, 2.05) is 6.07 Å². The molecule has 1 aromatic rings. The summed E-state index contributed by atoms with van der Waals surface area (Å²) in [5.74, 6) is 0.266. The van der Waals surface area contributed by atoms with Crippen LogP contribution in [0.1, 0.15) is 24.5 Å². The molecule has 2 rings (SSSR count). The number of amides is 1. The standard InChI is InChI=1S/C14H20N2O/c1-3-11-8-13(5-4-10(11)2)16-14(17)12-6-7-15-9-12/h4-5,8,12,15H,3,6-7,9H2,1-2H3,(H,16,17). The molecule has 1 atom stereocenters. The fraction of sp³-hybridized carbons (Fsp3) is 0.500. The van der Waals surface area contributed by atoms with Crippen molar-refractivity contribution in [2.24, 2.45) is 5.92 Å². The molecule has 0 bridgehead atoms. The van der Waals surface area contributed by atoms with Gasteiger partial charge in [-0.25, -0.2) is 0 Å². The summed E-state index contributed by atoms with van der Waals surface area (Å²) in [4.78, 5) is 11.9. The van der Waals surface area contributed by atoms with E-state index in [-0.39, 0.29) is 11.8 Å². The quantitative estimate of drug-likeness (QED) is 0.838. The van der Waals surface area contributed by atoms with Gasteiger partial charge in [-0.3, -0.25) is 4.79 Å². The second kappa shape index (κ2) is 5.32. The Labute approximate surface area is 103 Å². The summed E-state index contributed by atoms with van der Waals surface area (Å²) in [6.07, 6.45) is 1.94. The second-order valence-corrected chi connectivity index (χ2v) is 4.67. The van der Waals surface area contributed by atoms with E-state index in [0.29, 0.717) is 0 Å². The van der Waals surface area contributed by atoms with Crippen molar-refractivity contribution < 1.29 is 4.79 Å². The molecule has 1 aliphatic rings. The van der Waals surface area contributed by atoms with Crippen LogP contribution in [0.25, 0.3) is 0 Å². The minimum absolute atomic E-state index is 0.126. The van der Waals surface area contributed by atoms with E-state index in [4.69, 9.17) is 0 Å². The van der Waals surface area contributed by atoms with Crippen LogP contribution in [0.4, 0.5) is 5.69 Å². The van der Waals surface area contributed by atoms with Crippen molar-refractivity contribution in [3.63, 3.8) is 0 Å². The smallest absolute Gasteiger partial charge is 0.228 e. The highest BCUT2D eigenvalue weighted by molar-refractivity contribution is 5.93. The van der Waals surface area contributed by atoms with Gasteiger partial charge < -0.3 is 10.6 Å². The topological polar surface area (TPSA) is 41.1 Å². The first-order valence-electron chi connectivity index (χ1n) is 6.32. The molecule has 1 heterocycles. The molecule has 1 aromatic carbocycles. The molecule has 0 aliphatic carbocycles. The lowest BCUT2D eigenvalue weighted by molar-refractivity contribution is -0.119. The first-order valence-corrected chi connectivity index (χ1v) is 6.32. The van der Waals surface area contributed by atoms with Crippen molar-refractivity contribution in [1.29, 1.82) is 0 Å². The molecule has 92 valence electrons. The van der Waals surface area contributed by atoms with Gasteiger partial charge in [0.1, 0.15) is 0 Å². The molecule has 0 aromatic heterocycles. The number of carbonyl (C=O) groups excluding carboxylic acids is 1. The van der Waals surface area contributed by atoms with E-state index in [9.17, 15) is 4.79 Å². The molecule has 1 unspecified atom stereocenters.